The molecule has 0 heterocycles. The fourth-order valence-corrected chi connectivity index (χ4v) is 2.26. The van der Waals surface area contributed by atoms with Crippen LogP contribution in [0.15, 0.2) is 24.3 Å². The molecule has 0 fully saturated rings. The van der Waals surface area contributed by atoms with Crippen LogP contribution < -0.4 is 5.32 Å². The van der Waals surface area contributed by atoms with Gasteiger partial charge in [-0.15, -0.1) is 0 Å². The Kier molecular flexibility index (Phi) is 8.01. The molecule has 1 rings (SSSR count). The molecule has 0 radical (unpaired) electrons. The Morgan fingerprint density at radius 1 is 1.10 bits per heavy atom. The van der Waals surface area contributed by atoms with Crippen molar-refractivity contribution in [3.63, 3.8) is 0 Å². The lowest BCUT2D eigenvalue weighted by molar-refractivity contribution is -0.116. The monoisotopic (exact) mass is 275 g/mol. The van der Waals surface area contributed by atoms with Gasteiger partial charge in [-0.3, -0.25) is 4.79 Å². The van der Waals surface area contributed by atoms with Crippen molar-refractivity contribution in [1.82, 2.24) is 0 Å². The minimum absolute atomic E-state index is 0.140. The van der Waals surface area contributed by atoms with Gasteiger partial charge in [0.1, 0.15) is 0 Å². The van der Waals surface area contributed by atoms with Crippen molar-refractivity contribution in [1.29, 1.82) is 0 Å². The molecule has 0 aliphatic rings. The molecule has 0 aliphatic carbocycles. The molecule has 1 aromatic rings. The number of carbonyl (C=O) groups excluding carboxylic acids is 1. The predicted molar refractivity (Wildman–Crippen MR) is 87.2 cm³/mol. The van der Waals surface area contributed by atoms with Gasteiger partial charge in [-0.25, -0.2) is 0 Å². The third kappa shape index (κ3) is 6.74. The third-order valence-electron chi connectivity index (χ3n) is 3.59. The van der Waals surface area contributed by atoms with Gasteiger partial charge in [0.15, 0.2) is 0 Å². The summed E-state index contributed by atoms with van der Waals surface area (Å²) >= 11 is 0. The molecule has 2 heteroatoms. The summed E-state index contributed by atoms with van der Waals surface area (Å²) in [6, 6.07) is 8.15. The number of carbonyl (C=O) groups is 1. The number of hydrogen-bond acceptors (Lipinski definition) is 1. The van der Waals surface area contributed by atoms with Gasteiger partial charge in [0.05, 0.1) is 0 Å². The predicted octanol–water partition coefficient (Wildman–Crippen LogP) is 5.50. The summed E-state index contributed by atoms with van der Waals surface area (Å²) in [5.41, 5.74) is 2.19. The molecule has 1 aromatic carbocycles. The summed E-state index contributed by atoms with van der Waals surface area (Å²) in [5.74, 6) is 0.631. The Hall–Kier alpha value is -1.31. The van der Waals surface area contributed by atoms with Crippen LogP contribution in [0.1, 0.15) is 77.2 Å². The van der Waals surface area contributed by atoms with E-state index in [9.17, 15) is 4.79 Å². The first kappa shape index (κ1) is 16.7. The largest absolute Gasteiger partial charge is 0.326 e. The Labute approximate surface area is 124 Å². The van der Waals surface area contributed by atoms with Gasteiger partial charge in [0.2, 0.25) is 5.91 Å². The number of unbranched alkanes of at least 4 members (excludes halogenated alkanes) is 5. The lowest BCUT2D eigenvalue weighted by Crippen LogP contribution is -2.11. The summed E-state index contributed by atoms with van der Waals surface area (Å²) in [6.45, 7) is 6.55. The van der Waals surface area contributed by atoms with Gasteiger partial charge >= 0.3 is 0 Å². The molecule has 0 atom stereocenters. The first-order chi connectivity index (χ1) is 9.63. The fraction of sp³-hybridized carbons (Fsp3) is 0.611. The summed E-state index contributed by atoms with van der Waals surface area (Å²) in [5, 5.41) is 3.00. The van der Waals surface area contributed by atoms with E-state index in [2.05, 4.69) is 38.2 Å². The lowest BCUT2D eigenvalue weighted by atomic mass is 10.0. The Bertz CT molecular complexity index is 398. The maximum Gasteiger partial charge on any atom is 0.224 e. The average molecular weight is 275 g/mol. The molecule has 2 nitrogen and oxygen atoms in total. The fourth-order valence-electron chi connectivity index (χ4n) is 2.26. The summed E-state index contributed by atoms with van der Waals surface area (Å²) in [4.78, 5) is 11.9. The van der Waals surface area contributed by atoms with Crippen LogP contribution in [0.25, 0.3) is 0 Å². The summed E-state index contributed by atoms with van der Waals surface area (Å²) in [6.07, 6.45) is 7.94. The first-order valence-corrected chi connectivity index (χ1v) is 8.03. The summed E-state index contributed by atoms with van der Waals surface area (Å²) < 4.78 is 0. The van der Waals surface area contributed by atoms with Gasteiger partial charge in [-0.05, 0) is 30.0 Å². The van der Waals surface area contributed by atoms with E-state index in [0.29, 0.717) is 12.3 Å². The number of amides is 1. The van der Waals surface area contributed by atoms with Crippen LogP contribution >= 0.6 is 0 Å². The van der Waals surface area contributed by atoms with Crippen molar-refractivity contribution in [2.45, 2.75) is 71.6 Å². The van der Waals surface area contributed by atoms with Crippen molar-refractivity contribution in [2.24, 2.45) is 0 Å². The van der Waals surface area contributed by atoms with E-state index >= 15 is 0 Å². The van der Waals surface area contributed by atoms with Crippen LogP contribution in [-0.2, 0) is 4.79 Å². The maximum atomic E-state index is 11.9. The van der Waals surface area contributed by atoms with Crippen molar-refractivity contribution >= 4 is 11.6 Å². The van der Waals surface area contributed by atoms with Gasteiger partial charge in [-0.2, -0.15) is 0 Å². The zero-order valence-electron chi connectivity index (χ0n) is 13.2. The lowest BCUT2D eigenvalue weighted by Gasteiger charge is -2.09. The number of benzene rings is 1. The SMILES string of the molecule is CCCCCCCCC(=O)Nc1cccc(C(C)C)c1. The quantitative estimate of drug-likeness (QED) is 0.592. The van der Waals surface area contributed by atoms with Crippen LogP contribution in [-0.4, -0.2) is 5.91 Å². The van der Waals surface area contributed by atoms with Crippen LogP contribution in [0.5, 0.6) is 0 Å². The van der Waals surface area contributed by atoms with E-state index in [1.807, 2.05) is 12.1 Å². The molecule has 1 amide bonds. The van der Waals surface area contributed by atoms with E-state index in [1.54, 1.807) is 0 Å². The smallest absolute Gasteiger partial charge is 0.224 e. The van der Waals surface area contributed by atoms with Crippen LogP contribution in [0.4, 0.5) is 5.69 Å². The topological polar surface area (TPSA) is 29.1 Å². The van der Waals surface area contributed by atoms with E-state index in [0.717, 1.165) is 12.1 Å². The molecule has 0 aromatic heterocycles. The highest BCUT2D eigenvalue weighted by Gasteiger charge is 2.04. The second-order valence-corrected chi connectivity index (χ2v) is 5.85. The highest BCUT2D eigenvalue weighted by atomic mass is 16.1. The molecule has 0 bridgehead atoms. The molecular formula is C18H29NO. The summed E-state index contributed by atoms with van der Waals surface area (Å²) in [7, 11) is 0. The van der Waals surface area contributed by atoms with Crippen LogP contribution in [0.3, 0.4) is 0 Å². The highest BCUT2D eigenvalue weighted by molar-refractivity contribution is 5.90. The number of rotatable bonds is 9. The molecular weight excluding hydrogens is 246 g/mol. The second kappa shape index (κ2) is 9.57. The number of nitrogens with one attached hydrogen (secondary N) is 1. The molecule has 0 unspecified atom stereocenters. The molecule has 1 N–H and O–H groups in total. The normalized spacial score (nSPS) is 10.8. The van der Waals surface area contributed by atoms with E-state index in [4.69, 9.17) is 0 Å². The van der Waals surface area contributed by atoms with E-state index in [-0.39, 0.29) is 5.91 Å². The zero-order chi connectivity index (χ0) is 14.8. The molecule has 0 saturated carbocycles. The molecule has 0 aliphatic heterocycles. The Balaban J connectivity index is 2.26. The minimum Gasteiger partial charge on any atom is -0.326 e. The second-order valence-electron chi connectivity index (χ2n) is 5.85. The van der Waals surface area contributed by atoms with Gasteiger partial charge in [0.25, 0.3) is 0 Å². The number of anilines is 1. The van der Waals surface area contributed by atoms with E-state index < -0.39 is 0 Å². The van der Waals surface area contributed by atoms with Crippen molar-refractivity contribution < 1.29 is 4.79 Å². The Morgan fingerprint density at radius 3 is 2.50 bits per heavy atom. The number of hydrogen-bond donors (Lipinski definition) is 1. The van der Waals surface area contributed by atoms with Gasteiger partial charge in [0, 0.05) is 12.1 Å². The van der Waals surface area contributed by atoms with E-state index in [1.165, 1.54) is 37.7 Å². The third-order valence-corrected chi connectivity index (χ3v) is 3.59. The van der Waals surface area contributed by atoms with Crippen LogP contribution in [0, 0.1) is 0 Å². The van der Waals surface area contributed by atoms with Crippen molar-refractivity contribution in [3.05, 3.63) is 29.8 Å². The molecule has 112 valence electrons. The van der Waals surface area contributed by atoms with Gasteiger partial charge in [-0.1, -0.05) is 65.0 Å². The first-order valence-electron chi connectivity index (χ1n) is 8.03. The molecule has 20 heavy (non-hydrogen) atoms. The highest BCUT2D eigenvalue weighted by Crippen LogP contribution is 2.18. The molecule has 0 saturated heterocycles. The van der Waals surface area contributed by atoms with Crippen LogP contribution in [0.2, 0.25) is 0 Å². The van der Waals surface area contributed by atoms with Crippen molar-refractivity contribution in [2.75, 3.05) is 5.32 Å². The minimum atomic E-state index is 0.140. The molecule has 0 spiro atoms. The average Bonchev–Trinajstić information content (AvgIpc) is 2.43. The van der Waals surface area contributed by atoms with Gasteiger partial charge < -0.3 is 5.32 Å². The standard InChI is InChI=1S/C18H29NO/c1-4-5-6-7-8-9-13-18(20)19-17-12-10-11-16(14-17)15(2)3/h10-12,14-15H,4-9,13H2,1-3H3,(H,19,20). The zero-order valence-corrected chi connectivity index (χ0v) is 13.2. The van der Waals surface area contributed by atoms with Crippen molar-refractivity contribution in [3.8, 4) is 0 Å². The maximum absolute atomic E-state index is 11.9. The Morgan fingerprint density at radius 2 is 1.80 bits per heavy atom.